The largest absolute Gasteiger partial charge is 0.507 e. The highest BCUT2D eigenvalue weighted by atomic mass is 16.6. The molecule has 35 heavy (non-hydrogen) atoms. The number of carbonyl (C=O) groups is 2. The molecule has 10 heteroatoms. The minimum absolute atomic E-state index is 0.0523. The zero-order valence-corrected chi connectivity index (χ0v) is 19.4. The molecule has 4 rings (SSSR count). The first kappa shape index (κ1) is 24.4. The van der Waals surface area contributed by atoms with Crippen molar-refractivity contribution in [3.63, 3.8) is 0 Å². The number of amides is 1. The molecule has 1 atom stereocenters. The number of aliphatic hydroxyl groups is 1. The van der Waals surface area contributed by atoms with Crippen LogP contribution in [0, 0.1) is 10.1 Å². The predicted molar refractivity (Wildman–Crippen MR) is 127 cm³/mol. The summed E-state index contributed by atoms with van der Waals surface area (Å²) in [4.78, 5) is 40.5. The summed E-state index contributed by atoms with van der Waals surface area (Å²) < 4.78 is 10.6. The number of Topliss-reactive ketones (excluding diaryl/α,β-unsaturated/α-hetero) is 1. The molecule has 0 radical (unpaired) electrons. The van der Waals surface area contributed by atoms with Gasteiger partial charge in [0.2, 0.25) is 0 Å². The Morgan fingerprint density at radius 2 is 1.86 bits per heavy atom. The van der Waals surface area contributed by atoms with Gasteiger partial charge < -0.3 is 19.5 Å². The Morgan fingerprint density at radius 3 is 2.51 bits per heavy atom. The van der Waals surface area contributed by atoms with E-state index in [1.165, 1.54) is 36.3 Å². The van der Waals surface area contributed by atoms with Crippen LogP contribution in [0.5, 0.6) is 5.75 Å². The van der Waals surface area contributed by atoms with E-state index in [1.54, 1.807) is 24.3 Å². The van der Waals surface area contributed by atoms with Gasteiger partial charge in [-0.15, -0.1) is 0 Å². The number of non-ortho nitro benzene ring substituents is 1. The number of benzene rings is 2. The average Bonchev–Trinajstić information content (AvgIpc) is 3.14. The van der Waals surface area contributed by atoms with E-state index in [1.807, 2.05) is 0 Å². The minimum Gasteiger partial charge on any atom is -0.507 e. The van der Waals surface area contributed by atoms with E-state index in [-0.39, 0.29) is 17.0 Å². The molecule has 0 aromatic heterocycles. The topological polar surface area (TPSA) is 122 Å². The molecule has 2 aliphatic rings. The van der Waals surface area contributed by atoms with Gasteiger partial charge in [0, 0.05) is 43.9 Å². The second-order valence-electron chi connectivity index (χ2n) is 8.38. The Morgan fingerprint density at radius 1 is 1.14 bits per heavy atom. The summed E-state index contributed by atoms with van der Waals surface area (Å²) >= 11 is 0. The van der Waals surface area contributed by atoms with E-state index >= 15 is 0 Å². The lowest BCUT2D eigenvalue weighted by Gasteiger charge is -2.29. The SMILES string of the molecule is COc1cccc(C(O)=C2C(=O)C(=O)N(CCCN3CCOCC3)[C@@H]2c2ccc([N+](=O)[O-])cc2)c1. The molecule has 0 aliphatic carbocycles. The maximum absolute atomic E-state index is 13.1. The van der Waals surface area contributed by atoms with Crippen molar-refractivity contribution >= 4 is 23.1 Å². The first-order chi connectivity index (χ1) is 16.9. The van der Waals surface area contributed by atoms with Crippen LogP contribution in [0.25, 0.3) is 5.76 Å². The molecule has 10 nitrogen and oxygen atoms in total. The van der Waals surface area contributed by atoms with Crippen LogP contribution in [-0.4, -0.2) is 78.0 Å². The Labute approximate surface area is 202 Å². The summed E-state index contributed by atoms with van der Waals surface area (Å²) in [6, 6.07) is 11.4. The van der Waals surface area contributed by atoms with Crippen LogP contribution in [0.15, 0.2) is 54.1 Å². The predicted octanol–water partition coefficient (Wildman–Crippen LogP) is 2.75. The van der Waals surface area contributed by atoms with Crippen molar-refractivity contribution < 1.29 is 29.1 Å². The van der Waals surface area contributed by atoms with Crippen molar-refractivity contribution in [1.29, 1.82) is 0 Å². The van der Waals surface area contributed by atoms with Gasteiger partial charge in [-0.25, -0.2) is 0 Å². The summed E-state index contributed by atoms with van der Waals surface area (Å²) in [7, 11) is 1.49. The fourth-order valence-corrected chi connectivity index (χ4v) is 4.45. The molecule has 0 unspecified atom stereocenters. The number of likely N-dealkylation sites (tertiary alicyclic amines) is 1. The fourth-order valence-electron chi connectivity index (χ4n) is 4.45. The lowest BCUT2D eigenvalue weighted by molar-refractivity contribution is -0.384. The molecule has 1 amide bonds. The number of carbonyl (C=O) groups excluding carboxylic acids is 2. The molecule has 2 heterocycles. The third kappa shape index (κ3) is 5.18. The van der Waals surface area contributed by atoms with Crippen molar-refractivity contribution in [2.45, 2.75) is 12.5 Å². The van der Waals surface area contributed by atoms with Gasteiger partial charge in [-0.2, -0.15) is 0 Å². The number of methoxy groups -OCH3 is 1. The van der Waals surface area contributed by atoms with Gasteiger partial charge in [0.05, 0.1) is 36.9 Å². The molecule has 0 bridgehead atoms. The first-order valence-corrected chi connectivity index (χ1v) is 11.4. The molecular formula is C25H27N3O7. The molecule has 0 spiro atoms. The zero-order valence-electron chi connectivity index (χ0n) is 19.4. The third-order valence-corrected chi connectivity index (χ3v) is 6.28. The van der Waals surface area contributed by atoms with E-state index in [0.29, 0.717) is 43.1 Å². The van der Waals surface area contributed by atoms with Gasteiger partial charge in [-0.1, -0.05) is 12.1 Å². The van der Waals surface area contributed by atoms with Crippen LogP contribution in [0.1, 0.15) is 23.6 Å². The second-order valence-corrected chi connectivity index (χ2v) is 8.38. The van der Waals surface area contributed by atoms with E-state index < -0.39 is 22.7 Å². The van der Waals surface area contributed by atoms with E-state index in [9.17, 15) is 24.8 Å². The third-order valence-electron chi connectivity index (χ3n) is 6.28. The Balaban J connectivity index is 1.69. The molecule has 1 N–H and O–H groups in total. The number of nitro groups is 1. The number of hydrogen-bond donors (Lipinski definition) is 1. The molecule has 2 aromatic rings. The van der Waals surface area contributed by atoms with Gasteiger partial charge in [0.25, 0.3) is 17.4 Å². The van der Waals surface area contributed by atoms with Crippen LogP contribution in [0.2, 0.25) is 0 Å². The summed E-state index contributed by atoms with van der Waals surface area (Å²) in [6.07, 6.45) is 0.621. The lowest BCUT2D eigenvalue weighted by atomic mass is 9.95. The lowest BCUT2D eigenvalue weighted by Crippen LogP contribution is -2.38. The van der Waals surface area contributed by atoms with E-state index in [4.69, 9.17) is 9.47 Å². The summed E-state index contributed by atoms with van der Waals surface area (Å²) in [5.74, 6) is -1.33. The number of ether oxygens (including phenoxy) is 2. The highest BCUT2D eigenvalue weighted by Gasteiger charge is 2.46. The smallest absolute Gasteiger partial charge is 0.295 e. The molecule has 2 aromatic carbocycles. The number of hydrogen-bond acceptors (Lipinski definition) is 8. The molecule has 0 saturated carbocycles. The van der Waals surface area contributed by atoms with Crippen molar-refractivity contribution in [3.05, 3.63) is 75.3 Å². The molecule has 184 valence electrons. The first-order valence-electron chi connectivity index (χ1n) is 11.4. The maximum atomic E-state index is 13.1. The normalized spacial score (nSPS) is 20.3. The van der Waals surface area contributed by atoms with Crippen LogP contribution < -0.4 is 4.74 Å². The summed E-state index contributed by atoms with van der Waals surface area (Å²) in [6.45, 7) is 3.95. The number of nitro benzene ring substituents is 1. The molecule has 2 saturated heterocycles. The summed E-state index contributed by atoms with van der Waals surface area (Å²) in [5.41, 5.74) is 0.683. The van der Waals surface area contributed by atoms with Gasteiger partial charge >= 0.3 is 0 Å². The number of aliphatic hydroxyl groups excluding tert-OH is 1. The highest BCUT2D eigenvalue weighted by Crippen LogP contribution is 2.40. The van der Waals surface area contributed by atoms with Crippen LogP contribution >= 0.6 is 0 Å². The maximum Gasteiger partial charge on any atom is 0.295 e. The standard InChI is InChI=1S/C25H27N3O7/c1-34-20-5-2-4-18(16-20)23(29)21-22(17-6-8-19(9-7-17)28(32)33)27(25(31)24(21)30)11-3-10-26-12-14-35-15-13-26/h2,4-9,16,22,29H,3,10-15H2,1H3/t22-/m1/s1. The fraction of sp³-hybridized carbons (Fsp3) is 0.360. The number of nitrogens with zero attached hydrogens (tertiary/aromatic N) is 3. The molecule has 2 aliphatic heterocycles. The van der Waals surface area contributed by atoms with Gasteiger partial charge in [0.15, 0.2) is 0 Å². The van der Waals surface area contributed by atoms with Crippen LogP contribution in [0.4, 0.5) is 5.69 Å². The van der Waals surface area contributed by atoms with Gasteiger partial charge in [-0.3, -0.25) is 24.6 Å². The van der Waals surface area contributed by atoms with Gasteiger partial charge in [-0.05, 0) is 36.2 Å². The van der Waals surface area contributed by atoms with Gasteiger partial charge in [0.1, 0.15) is 11.5 Å². The zero-order chi connectivity index (χ0) is 24.9. The molecular weight excluding hydrogens is 454 g/mol. The van der Waals surface area contributed by atoms with Crippen LogP contribution in [0.3, 0.4) is 0 Å². The Hall–Kier alpha value is -3.76. The number of ketones is 1. The monoisotopic (exact) mass is 481 g/mol. The van der Waals surface area contributed by atoms with E-state index in [0.717, 1.165) is 19.6 Å². The number of morpholine rings is 1. The Bertz CT molecular complexity index is 1140. The average molecular weight is 482 g/mol. The van der Waals surface area contributed by atoms with Crippen molar-refractivity contribution in [2.24, 2.45) is 0 Å². The highest BCUT2D eigenvalue weighted by molar-refractivity contribution is 6.46. The van der Waals surface area contributed by atoms with Crippen LogP contribution in [-0.2, 0) is 14.3 Å². The van der Waals surface area contributed by atoms with Crippen molar-refractivity contribution in [2.75, 3.05) is 46.5 Å². The number of rotatable bonds is 8. The Kier molecular flexibility index (Phi) is 7.42. The van der Waals surface area contributed by atoms with E-state index in [2.05, 4.69) is 4.90 Å². The van der Waals surface area contributed by atoms with Crippen molar-refractivity contribution in [1.82, 2.24) is 9.80 Å². The molecule has 2 fully saturated rings. The second kappa shape index (κ2) is 10.7. The van der Waals surface area contributed by atoms with Crippen molar-refractivity contribution in [3.8, 4) is 5.75 Å². The minimum atomic E-state index is -0.869. The quantitative estimate of drug-likeness (QED) is 0.201. The summed E-state index contributed by atoms with van der Waals surface area (Å²) in [5, 5.41) is 22.3.